The molecule has 0 saturated carbocycles. The number of rotatable bonds is 5. The van der Waals surface area contributed by atoms with Crippen LogP contribution in [-0.4, -0.2) is 53.8 Å². The van der Waals surface area contributed by atoms with E-state index in [1.165, 1.54) is 19.2 Å². The number of piperidine rings is 1. The molecule has 0 spiro atoms. The number of ether oxygens (including phenoxy) is 1. The van der Waals surface area contributed by atoms with Crippen molar-refractivity contribution in [1.29, 1.82) is 0 Å². The molecular weight excluding hydrogens is 435 g/mol. The van der Waals surface area contributed by atoms with Gasteiger partial charge < -0.3 is 9.64 Å². The Morgan fingerprint density at radius 3 is 2.50 bits per heavy atom. The maximum absolute atomic E-state index is 13.4. The Morgan fingerprint density at radius 1 is 1.16 bits per heavy atom. The Morgan fingerprint density at radius 2 is 1.88 bits per heavy atom. The predicted octanol–water partition coefficient (Wildman–Crippen LogP) is 3.57. The van der Waals surface area contributed by atoms with E-state index in [-0.39, 0.29) is 36.6 Å². The molecule has 0 radical (unpaired) electrons. The number of halogens is 2. The Labute approximate surface area is 190 Å². The number of imide groups is 1. The molecule has 2 aromatic carbocycles. The van der Waals surface area contributed by atoms with Gasteiger partial charge in [0.25, 0.3) is 0 Å². The van der Waals surface area contributed by atoms with Gasteiger partial charge in [-0.2, -0.15) is 0 Å². The van der Waals surface area contributed by atoms with E-state index in [4.69, 9.17) is 16.3 Å². The van der Waals surface area contributed by atoms with Crippen molar-refractivity contribution in [3.05, 3.63) is 64.9 Å². The van der Waals surface area contributed by atoms with Crippen molar-refractivity contribution < 1.29 is 23.5 Å². The third kappa shape index (κ3) is 4.21. The number of carbonyl (C=O) groups excluding carboxylic acids is 3. The molecule has 2 saturated heterocycles. The molecule has 2 fully saturated rings. The van der Waals surface area contributed by atoms with Gasteiger partial charge in [-0.1, -0.05) is 35.9 Å². The van der Waals surface area contributed by atoms with Gasteiger partial charge in [0.1, 0.15) is 17.7 Å². The van der Waals surface area contributed by atoms with Crippen LogP contribution in [0.2, 0.25) is 5.02 Å². The normalized spacial score (nSPS) is 21.8. The number of likely N-dealkylation sites (N-methyl/N-ethyl adjacent to an activating group) is 1. The van der Waals surface area contributed by atoms with E-state index in [1.54, 1.807) is 41.3 Å². The molecule has 0 N–H and O–H groups in total. The second-order valence-electron chi connectivity index (χ2n) is 8.33. The summed E-state index contributed by atoms with van der Waals surface area (Å²) in [6.07, 6.45) is 0.847. The number of amides is 3. The average Bonchev–Trinajstić information content (AvgIpc) is 2.98. The highest BCUT2D eigenvalue weighted by atomic mass is 35.5. The van der Waals surface area contributed by atoms with E-state index in [0.717, 1.165) is 4.90 Å². The number of likely N-dealkylation sites (tertiary alicyclic amines) is 2. The molecule has 1 atom stereocenters. The number of nitrogens with zero attached hydrogens (tertiary/aromatic N) is 2. The minimum Gasteiger partial charge on any atom is -0.490 e. The SMILES string of the molecule is CN1C(=O)C[C@](CC(=O)N2CCC(Oc3cccc(F)c3)CC2)(c2ccccc2Cl)C1=O. The summed E-state index contributed by atoms with van der Waals surface area (Å²) in [5.41, 5.74) is -0.794. The van der Waals surface area contributed by atoms with Crippen molar-refractivity contribution in [2.75, 3.05) is 20.1 Å². The van der Waals surface area contributed by atoms with Gasteiger partial charge in [-0.3, -0.25) is 19.3 Å². The van der Waals surface area contributed by atoms with Gasteiger partial charge in [0.2, 0.25) is 17.7 Å². The number of hydrogen-bond acceptors (Lipinski definition) is 4. The molecule has 168 valence electrons. The van der Waals surface area contributed by atoms with Gasteiger partial charge in [0.15, 0.2) is 0 Å². The smallest absolute Gasteiger partial charge is 0.240 e. The van der Waals surface area contributed by atoms with E-state index < -0.39 is 11.3 Å². The highest BCUT2D eigenvalue weighted by molar-refractivity contribution is 6.32. The summed E-state index contributed by atoms with van der Waals surface area (Å²) < 4.78 is 19.2. The third-order valence-electron chi connectivity index (χ3n) is 6.28. The Kier molecular flexibility index (Phi) is 6.20. The molecule has 4 rings (SSSR count). The molecule has 32 heavy (non-hydrogen) atoms. The largest absolute Gasteiger partial charge is 0.490 e. The molecule has 0 aliphatic carbocycles. The number of benzene rings is 2. The van der Waals surface area contributed by atoms with Gasteiger partial charge in [-0.05, 0) is 23.8 Å². The van der Waals surface area contributed by atoms with Crippen LogP contribution in [0.25, 0.3) is 0 Å². The lowest BCUT2D eigenvalue weighted by Gasteiger charge is -2.35. The van der Waals surface area contributed by atoms with Crippen molar-refractivity contribution in [2.24, 2.45) is 0 Å². The van der Waals surface area contributed by atoms with Gasteiger partial charge in [0.05, 0.1) is 5.41 Å². The molecule has 8 heteroatoms. The van der Waals surface area contributed by atoms with Crippen LogP contribution in [-0.2, 0) is 19.8 Å². The highest BCUT2D eigenvalue weighted by Crippen LogP contribution is 2.42. The first kappa shape index (κ1) is 22.3. The van der Waals surface area contributed by atoms with Crippen LogP contribution in [0.1, 0.15) is 31.2 Å². The molecule has 2 heterocycles. The fourth-order valence-electron chi connectivity index (χ4n) is 4.51. The lowest BCUT2D eigenvalue weighted by molar-refractivity contribution is -0.142. The van der Waals surface area contributed by atoms with Gasteiger partial charge in [0, 0.05) is 56.9 Å². The molecule has 3 amide bonds. The van der Waals surface area contributed by atoms with Crippen LogP contribution in [0.4, 0.5) is 4.39 Å². The number of carbonyl (C=O) groups is 3. The Balaban J connectivity index is 1.46. The van der Waals surface area contributed by atoms with E-state index in [9.17, 15) is 18.8 Å². The van der Waals surface area contributed by atoms with Crippen molar-refractivity contribution in [3.8, 4) is 5.75 Å². The fraction of sp³-hybridized carbons (Fsp3) is 0.375. The minimum absolute atomic E-state index is 0.0864. The van der Waals surface area contributed by atoms with E-state index in [1.807, 2.05) is 0 Å². The predicted molar refractivity (Wildman–Crippen MR) is 117 cm³/mol. The quantitative estimate of drug-likeness (QED) is 0.642. The molecular formula is C24H24ClFN2O4. The first-order chi connectivity index (χ1) is 15.3. The van der Waals surface area contributed by atoms with Crippen molar-refractivity contribution in [2.45, 2.75) is 37.2 Å². The van der Waals surface area contributed by atoms with Crippen LogP contribution in [0.5, 0.6) is 5.75 Å². The van der Waals surface area contributed by atoms with Gasteiger partial charge in [-0.25, -0.2) is 4.39 Å². The maximum atomic E-state index is 13.4. The van der Waals surface area contributed by atoms with Crippen LogP contribution >= 0.6 is 11.6 Å². The van der Waals surface area contributed by atoms with Crippen molar-refractivity contribution in [3.63, 3.8) is 0 Å². The first-order valence-electron chi connectivity index (χ1n) is 10.6. The van der Waals surface area contributed by atoms with Crippen LogP contribution in [0, 0.1) is 5.82 Å². The van der Waals surface area contributed by atoms with E-state index >= 15 is 0 Å². The van der Waals surface area contributed by atoms with Gasteiger partial charge >= 0.3 is 0 Å². The zero-order valence-electron chi connectivity index (χ0n) is 17.7. The summed E-state index contributed by atoms with van der Waals surface area (Å²) in [4.78, 5) is 41.5. The summed E-state index contributed by atoms with van der Waals surface area (Å²) in [5.74, 6) is -0.838. The summed E-state index contributed by atoms with van der Waals surface area (Å²) in [6, 6.07) is 12.9. The molecule has 2 aliphatic heterocycles. The summed E-state index contributed by atoms with van der Waals surface area (Å²) in [7, 11) is 1.43. The summed E-state index contributed by atoms with van der Waals surface area (Å²) >= 11 is 6.38. The maximum Gasteiger partial charge on any atom is 0.240 e. The molecule has 0 bridgehead atoms. The molecule has 2 aliphatic rings. The topological polar surface area (TPSA) is 66.9 Å². The minimum atomic E-state index is -1.30. The Hall–Kier alpha value is -2.93. The van der Waals surface area contributed by atoms with Crippen LogP contribution < -0.4 is 4.74 Å². The van der Waals surface area contributed by atoms with Gasteiger partial charge in [-0.15, -0.1) is 0 Å². The summed E-state index contributed by atoms with van der Waals surface area (Å²) in [6.45, 7) is 0.908. The molecule has 2 aromatic rings. The first-order valence-corrected chi connectivity index (χ1v) is 10.9. The summed E-state index contributed by atoms with van der Waals surface area (Å²) in [5, 5.41) is 0.360. The van der Waals surface area contributed by atoms with E-state index in [0.29, 0.717) is 42.3 Å². The number of hydrogen-bond donors (Lipinski definition) is 0. The van der Waals surface area contributed by atoms with Crippen molar-refractivity contribution in [1.82, 2.24) is 9.80 Å². The lowest BCUT2D eigenvalue weighted by Crippen LogP contribution is -2.46. The van der Waals surface area contributed by atoms with Crippen LogP contribution in [0.3, 0.4) is 0 Å². The Bertz CT molecular complexity index is 1050. The monoisotopic (exact) mass is 458 g/mol. The molecule has 6 nitrogen and oxygen atoms in total. The molecule has 0 unspecified atom stereocenters. The second-order valence-corrected chi connectivity index (χ2v) is 8.74. The third-order valence-corrected chi connectivity index (χ3v) is 6.61. The zero-order chi connectivity index (χ0) is 22.9. The van der Waals surface area contributed by atoms with E-state index in [2.05, 4.69) is 0 Å². The second kappa shape index (κ2) is 8.90. The standard InChI is InChI=1S/C24H24ClFN2O4/c1-27-21(29)14-24(23(27)31,19-7-2-3-8-20(19)25)15-22(30)28-11-9-17(10-12-28)32-18-6-4-5-16(26)13-18/h2-8,13,17H,9-12,14-15H2,1H3/t24-/m0/s1. The zero-order valence-corrected chi connectivity index (χ0v) is 18.5. The fourth-order valence-corrected chi connectivity index (χ4v) is 4.82. The van der Waals surface area contributed by atoms with Crippen molar-refractivity contribution >= 4 is 29.3 Å². The average molecular weight is 459 g/mol. The molecule has 0 aromatic heterocycles. The highest BCUT2D eigenvalue weighted by Gasteiger charge is 2.53. The lowest BCUT2D eigenvalue weighted by atomic mass is 9.75. The van der Waals surface area contributed by atoms with Crippen LogP contribution in [0.15, 0.2) is 48.5 Å².